The fourth-order valence-electron chi connectivity index (χ4n) is 4.30. The number of ether oxygens (including phenoxy) is 5. The molecule has 37 heavy (non-hydrogen) atoms. The van der Waals surface area contributed by atoms with E-state index in [0.717, 1.165) is 16.3 Å². The molecule has 1 saturated heterocycles. The Morgan fingerprint density at radius 3 is 2.41 bits per heavy atom. The molecule has 1 heterocycles. The summed E-state index contributed by atoms with van der Waals surface area (Å²) >= 11 is 5.76. The molecule has 0 N–H and O–H groups in total. The molecule has 7 nitrogen and oxygen atoms in total. The van der Waals surface area contributed by atoms with E-state index in [1.165, 1.54) is 0 Å². The lowest BCUT2D eigenvalue weighted by atomic mass is 9.98. The van der Waals surface area contributed by atoms with Crippen LogP contribution < -0.4 is 0 Å². The molecule has 0 aromatic heterocycles. The Bertz CT molecular complexity index is 1210. The lowest BCUT2D eigenvalue weighted by molar-refractivity contribution is -0.303. The first-order valence-electron chi connectivity index (χ1n) is 12.0. The molecule has 4 rings (SSSR count). The number of hydrogen-bond donors (Lipinski definition) is 0. The number of alkyl halides is 1. The summed E-state index contributed by atoms with van der Waals surface area (Å²) in [7, 11) is 0. The van der Waals surface area contributed by atoms with Crippen LogP contribution in [0.1, 0.15) is 22.8 Å². The monoisotopic (exact) mass is 524 g/mol. The summed E-state index contributed by atoms with van der Waals surface area (Å²) in [6, 6.07) is 22.4. The summed E-state index contributed by atoms with van der Waals surface area (Å²) in [5.74, 6) is -1.63. The Morgan fingerprint density at radius 1 is 0.919 bits per heavy atom. The molecule has 0 bridgehead atoms. The van der Waals surface area contributed by atoms with Gasteiger partial charge in [0.05, 0.1) is 24.9 Å². The van der Waals surface area contributed by atoms with Gasteiger partial charge in [0.1, 0.15) is 12.0 Å². The molecule has 0 radical (unpaired) electrons. The molecule has 1 aliphatic rings. The van der Waals surface area contributed by atoms with Crippen LogP contribution >= 0.6 is 11.6 Å². The number of rotatable bonds is 10. The van der Waals surface area contributed by atoms with Crippen LogP contribution in [-0.2, 0) is 35.1 Å². The average molecular weight is 525 g/mol. The molecule has 8 heteroatoms. The minimum absolute atomic E-state index is 0.173. The summed E-state index contributed by atoms with van der Waals surface area (Å²) < 4.78 is 29.7. The van der Waals surface area contributed by atoms with Crippen molar-refractivity contribution >= 4 is 34.3 Å². The van der Waals surface area contributed by atoms with Crippen molar-refractivity contribution in [3.8, 4) is 0 Å². The van der Waals surface area contributed by atoms with Crippen molar-refractivity contribution in [2.75, 3.05) is 12.5 Å². The second-order valence-corrected chi connectivity index (χ2v) is 8.84. The van der Waals surface area contributed by atoms with Gasteiger partial charge in [-0.3, -0.25) is 4.79 Å². The lowest BCUT2D eigenvalue weighted by Crippen LogP contribution is -2.61. The third-order valence-corrected chi connectivity index (χ3v) is 6.26. The van der Waals surface area contributed by atoms with E-state index in [-0.39, 0.29) is 19.1 Å². The number of fused-ring (bicyclic) bond motifs is 1. The van der Waals surface area contributed by atoms with E-state index in [2.05, 4.69) is 6.58 Å². The van der Waals surface area contributed by atoms with Crippen LogP contribution in [0, 0.1) is 0 Å². The van der Waals surface area contributed by atoms with E-state index in [1.54, 1.807) is 43.3 Å². The van der Waals surface area contributed by atoms with Crippen molar-refractivity contribution in [1.29, 1.82) is 0 Å². The quantitative estimate of drug-likeness (QED) is 0.208. The normalized spacial score (nSPS) is 23.4. The summed E-state index contributed by atoms with van der Waals surface area (Å²) in [5.41, 5.74) is 1.29. The van der Waals surface area contributed by atoms with E-state index >= 15 is 0 Å². The summed E-state index contributed by atoms with van der Waals surface area (Å²) in [5, 5.41) is 2.09. The molecular formula is C29H29ClO7. The average Bonchev–Trinajstić information content (AvgIpc) is 2.93. The predicted octanol–water partition coefficient (Wildman–Crippen LogP) is 5.05. The van der Waals surface area contributed by atoms with E-state index in [0.29, 0.717) is 5.56 Å². The van der Waals surface area contributed by atoms with E-state index in [9.17, 15) is 9.59 Å². The Labute approximate surface area is 220 Å². The highest BCUT2D eigenvalue weighted by Gasteiger charge is 2.50. The Kier molecular flexibility index (Phi) is 9.30. The molecule has 0 saturated carbocycles. The third-order valence-electron chi connectivity index (χ3n) is 6.05. The second kappa shape index (κ2) is 12.8. The van der Waals surface area contributed by atoms with Gasteiger partial charge in [0.2, 0.25) is 0 Å². The first-order chi connectivity index (χ1) is 18.0. The van der Waals surface area contributed by atoms with Crippen LogP contribution in [-0.4, -0.2) is 55.1 Å². The largest absolute Gasteiger partial charge is 0.454 e. The smallest absolute Gasteiger partial charge is 0.338 e. The zero-order chi connectivity index (χ0) is 26.2. The number of carbonyl (C=O) groups is 2. The molecule has 3 aromatic carbocycles. The third kappa shape index (κ3) is 6.56. The van der Waals surface area contributed by atoms with Gasteiger partial charge in [-0.05, 0) is 35.4 Å². The van der Waals surface area contributed by atoms with E-state index in [1.807, 2.05) is 42.5 Å². The standard InChI is InChI=1S/C29H29ClO7/c1-3-16-33-29-27(34-18-22-14-9-13-20-10-7-8-15-23(20)22)26(36-24(31)17-30)25(19(2)35-29)37-28(32)21-11-5-4-6-12-21/h3-15,19,25-27,29H,1,16-18H2,2H3/t19-,25+,26+,27-,29+/m0/s1. The van der Waals surface area contributed by atoms with Crippen molar-refractivity contribution < 1.29 is 33.3 Å². The van der Waals surface area contributed by atoms with Crippen LogP contribution in [0.4, 0.5) is 0 Å². The van der Waals surface area contributed by atoms with Crippen molar-refractivity contribution in [2.24, 2.45) is 0 Å². The molecule has 0 amide bonds. The highest BCUT2D eigenvalue weighted by molar-refractivity contribution is 6.26. The van der Waals surface area contributed by atoms with Gasteiger partial charge in [-0.25, -0.2) is 4.79 Å². The maximum absolute atomic E-state index is 12.9. The van der Waals surface area contributed by atoms with E-state index < -0.39 is 42.6 Å². The molecule has 3 aromatic rings. The highest BCUT2D eigenvalue weighted by Crippen LogP contribution is 2.31. The molecule has 1 aliphatic heterocycles. The Morgan fingerprint density at radius 2 is 1.65 bits per heavy atom. The van der Waals surface area contributed by atoms with Gasteiger partial charge >= 0.3 is 11.9 Å². The van der Waals surface area contributed by atoms with Gasteiger partial charge in [-0.2, -0.15) is 0 Å². The lowest BCUT2D eigenvalue weighted by Gasteiger charge is -2.44. The summed E-state index contributed by atoms with van der Waals surface area (Å²) in [6.07, 6.45) is -2.93. The number of benzene rings is 3. The van der Waals surface area contributed by atoms with Gasteiger partial charge in [0.15, 0.2) is 18.5 Å². The molecule has 5 atom stereocenters. The first-order valence-corrected chi connectivity index (χ1v) is 12.5. The van der Waals surface area contributed by atoms with Crippen molar-refractivity contribution in [3.05, 3.63) is 96.6 Å². The molecule has 0 unspecified atom stereocenters. The second-order valence-electron chi connectivity index (χ2n) is 8.57. The van der Waals surface area contributed by atoms with Crippen molar-refractivity contribution in [1.82, 2.24) is 0 Å². The molecule has 194 valence electrons. The molecular weight excluding hydrogens is 496 g/mol. The van der Waals surface area contributed by atoms with Gasteiger partial charge in [0, 0.05) is 0 Å². The van der Waals surface area contributed by atoms with Crippen molar-refractivity contribution in [3.63, 3.8) is 0 Å². The zero-order valence-electron chi connectivity index (χ0n) is 20.5. The summed E-state index contributed by atoms with van der Waals surface area (Å²) in [4.78, 5) is 25.3. The van der Waals surface area contributed by atoms with Gasteiger partial charge in [-0.15, -0.1) is 18.2 Å². The summed E-state index contributed by atoms with van der Waals surface area (Å²) in [6.45, 7) is 5.76. The maximum Gasteiger partial charge on any atom is 0.338 e. The molecule has 0 aliphatic carbocycles. The Hall–Kier alpha value is -3.23. The zero-order valence-corrected chi connectivity index (χ0v) is 21.2. The van der Waals surface area contributed by atoms with Crippen molar-refractivity contribution in [2.45, 2.75) is 44.2 Å². The number of halogens is 1. The molecule has 0 spiro atoms. The number of hydrogen-bond acceptors (Lipinski definition) is 7. The number of esters is 2. The number of carbonyl (C=O) groups excluding carboxylic acids is 2. The van der Waals surface area contributed by atoms with Crippen LogP contribution in [0.25, 0.3) is 10.8 Å². The fraction of sp³-hybridized carbons (Fsp3) is 0.310. The van der Waals surface area contributed by atoms with Crippen LogP contribution in [0.2, 0.25) is 0 Å². The minimum atomic E-state index is -1.03. The van der Waals surface area contributed by atoms with Crippen LogP contribution in [0.5, 0.6) is 0 Å². The SMILES string of the molecule is C=CCO[C@@H]1O[C@@H](C)[C@@H](OC(=O)c2ccccc2)[C@@H](OC(=O)CCl)[C@@H]1OCc1cccc2ccccc12. The Balaban J connectivity index is 1.63. The minimum Gasteiger partial charge on any atom is -0.454 e. The predicted molar refractivity (Wildman–Crippen MR) is 139 cm³/mol. The van der Waals surface area contributed by atoms with Gasteiger partial charge in [-0.1, -0.05) is 66.7 Å². The van der Waals surface area contributed by atoms with Gasteiger partial charge in [0.25, 0.3) is 0 Å². The van der Waals surface area contributed by atoms with Crippen LogP contribution in [0.15, 0.2) is 85.5 Å². The van der Waals surface area contributed by atoms with E-state index in [4.69, 9.17) is 35.3 Å². The van der Waals surface area contributed by atoms with Crippen LogP contribution in [0.3, 0.4) is 0 Å². The topological polar surface area (TPSA) is 80.3 Å². The molecule has 1 fully saturated rings. The fourth-order valence-corrected chi connectivity index (χ4v) is 4.36. The maximum atomic E-state index is 12.9. The first kappa shape index (κ1) is 26.8. The van der Waals surface area contributed by atoms with Gasteiger partial charge < -0.3 is 23.7 Å². The highest BCUT2D eigenvalue weighted by atomic mass is 35.5.